The van der Waals surface area contributed by atoms with Gasteiger partial charge in [0.2, 0.25) is 0 Å². The van der Waals surface area contributed by atoms with Crippen molar-refractivity contribution >= 4 is 33.6 Å². The van der Waals surface area contributed by atoms with E-state index in [-0.39, 0.29) is 9.74 Å². The first-order valence-electron chi connectivity index (χ1n) is 7.78. The Hall–Kier alpha value is -1.92. The largest absolute Gasteiger partial charge is 0.289 e. The Morgan fingerprint density at radius 2 is 1.04 bits per heavy atom. The third kappa shape index (κ3) is 2.59. The summed E-state index contributed by atoms with van der Waals surface area (Å²) in [6.07, 6.45) is 0. The van der Waals surface area contributed by atoms with Crippen molar-refractivity contribution < 1.29 is 0 Å². The van der Waals surface area contributed by atoms with Crippen molar-refractivity contribution in [3.8, 4) is 0 Å². The summed E-state index contributed by atoms with van der Waals surface area (Å²) < 4.78 is 0. The van der Waals surface area contributed by atoms with Gasteiger partial charge in [-0.05, 0) is 13.8 Å². The van der Waals surface area contributed by atoms with Crippen LogP contribution < -0.4 is 10.9 Å². The number of hydrogen-bond acceptors (Lipinski definition) is 6. The zero-order chi connectivity index (χ0) is 16.6. The summed E-state index contributed by atoms with van der Waals surface area (Å²) in [6, 6.07) is 20.5. The van der Waals surface area contributed by atoms with Crippen LogP contribution in [0.25, 0.3) is 0 Å². The highest BCUT2D eigenvalue weighted by molar-refractivity contribution is 8.19. The Labute approximate surface area is 150 Å². The molecule has 2 heterocycles. The molecule has 6 heteroatoms. The van der Waals surface area contributed by atoms with Crippen LogP contribution in [0.3, 0.4) is 0 Å². The van der Waals surface area contributed by atoms with E-state index in [4.69, 9.17) is 0 Å². The number of nitrogens with zero attached hydrogens (tertiary/aromatic N) is 2. The Balaban J connectivity index is 1.53. The van der Waals surface area contributed by atoms with E-state index in [2.05, 4.69) is 59.2 Å². The summed E-state index contributed by atoms with van der Waals surface area (Å²) in [5, 5.41) is 11.2. The first-order chi connectivity index (χ1) is 11.6. The average Bonchev–Trinajstić information content (AvgIpc) is 3.23. The highest BCUT2D eigenvalue weighted by atomic mass is 32.2. The zero-order valence-corrected chi connectivity index (χ0v) is 15.1. The van der Waals surface area contributed by atoms with Crippen LogP contribution in [0.2, 0.25) is 0 Å². The molecule has 0 radical (unpaired) electrons. The maximum Gasteiger partial charge on any atom is 0.137 e. The Bertz CT molecular complexity index is 737. The van der Waals surface area contributed by atoms with Gasteiger partial charge in [0.1, 0.15) is 19.8 Å². The first kappa shape index (κ1) is 15.6. The summed E-state index contributed by atoms with van der Waals surface area (Å²) in [4.78, 5) is -0.605. The lowest BCUT2D eigenvalue weighted by Crippen LogP contribution is -2.57. The van der Waals surface area contributed by atoms with Crippen molar-refractivity contribution in [3.63, 3.8) is 0 Å². The zero-order valence-electron chi connectivity index (χ0n) is 13.5. The molecular weight excluding hydrogens is 336 g/mol. The molecule has 2 N–H and O–H groups in total. The van der Waals surface area contributed by atoms with E-state index in [9.17, 15) is 0 Å². The molecule has 2 atom stereocenters. The molecule has 4 nitrogen and oxygen atoms in total. The number of nitrogens with one attached hydrogen (secondary N) is 2. The van der Waals surface area contributed by atoms with E-state index in [1.54, 1.807) is 23.5 Å². The molecule has 0 amide bonds. The van der Waals surface area contributed by atoms with Gasteiger partial charge in [-0.25, -0.2) is 0 Å². The average molecular weight is 355 g/mol. The lowest BCUT2D eigenvalue weighted by atomic mass is 10.2. The molecule has 0 fully saturated rings. The van der Waals surface area contributed by atoms with Gasteiger partial charge in [0.25, 0.3) is 0 Å². The van der Waals surface area contributed by atoms with Gasteiger partial charge in [-0.2, -0.15) is 10.2 Å². The van der Waals surface area contributed by atoms with Gasteiger partial charge in [-0.1, -0.05) is 84.2 Å². The standard InChI is InChI=1S/C18H18N4S2/c1-17(21-19-15(23-17)13-9-5-3-6-10-13)18(2)22-20-16(24-18)14-11-7-4-8-12-14/h3-12,21-22H,1-2H3/t17-,18+. The first-order valence-corrected chi connectivity index (χ1v) is 9.42. The van der Waals surface area contributed by atoms with E-state index in [1.807, 2.05) is 36.4 Å². The molecule has 122 valence electrons. The summed E-state index contributed by atoms with van der Waals surface area (Å²) in [5.41, 5.74) is 8.93. The number of hydrogen-bond donors (Lipinski definition) is 2. The summed E-state index contributed by atoms with van der Waals surface area (Å²) in [7, 11) is 0. The van der Waals surface area contributed by atoms with Crippen molar-refractivity contribution in [2.45, 2.75) is 23.6 Å². The van der Waals surface area contributed by atoms with Crippen LogP contribution in [-0.2, 0) is 0 Å². The van der Waals surface area contributed by atoms with Crippen LogP contribution in [0.4, 0.5) is 0 Å². The maximum atomic E-state index is 4.57. The van der Waals surface area contributed by atoms with Crippen LogP contribution in [0.5, 0.6) is 0 Å². The molecule has 0 unspecified atom stereocenters. The van der Waals surface area contributed by atoms with Crippen molar-refractivity contribution in [2.24, 2.45) is 10.2 Å². The van der Waals surface area contributed by atoms with E-state index in [1.165, 1.54) is 0 Å². The number of benzene rings is 2. The Morgan fingerprint density at radius 3 is 1.42 bits per heavy atom. The lowest BCUT2D eigenvalue weighted by molar-refractivity contribution is 0.366. The number of hydrazone groups is 2. The van der Waals surface area contributed by atoms with Crippen LogP contribution in [0, 0.1) is 0 Å². The molecule has 0 spiro atoms. The molecule has 2 aromatic carbocycles. The minimum absolute atomic E-state index is 0.303. The molecule has 2 aliphatic heterocycles. The topological polar surface area (TPSA) is 48.8 Å². The monoisotopic (exact) mass is 354 g/mol. The van der Waals surface area contributed by atoms with Gasteiger partial charge in [0, 0.05) is 11.1 Å². The Morgan fingerprint density at radius 1 is 0.667 bits per heavy atom. The summed E-state index contributed by atoms with van der Waals surface area (Å²) in [5.74, 6) is 0. The van der Waals surface area contributed by atoms with Crippen LogP contribution >= 0.6 is 23.5 Å². The maximum absolute atomic E-state index is 4.57. The Kier molecular flexibility index (Phi) is 3.81. The van der Waals surface area contributed by atoms with Gasteiger partial charge in [0.05, 0.1) is 0 Å². The second-order valence-electron chi connectivity index (χ2n) is 6.06. The molecule has 0 bridgehead atoms. The lowest BCUT2D eigenvalue weighted by Gasteiger charge is -2.38. The number of rotatable bonds is 3. The molecular formula is C18H18N4S2. The molecule has 0 aromatic heterocycles. The van der Waals surface area contributed by atoms with Gasteiger partial charge < -0.3 is 0 Å². The third-order valence-electron chi connectivity index (χ3n) is 4.30. The van der Waals surface area contributed by atoms with E-state index >= 15 is 0 Å². The molecule has 2 aliphatic rings. The smallest absolute Gasteiger partial charge is 0.137 e. The van der Waals surface area contributed by atoms with Crippen molar-refractivity contribution in [3.05, 3.63) is 71.8 Å². The molecule has 4 rings (SSSR count). The fourth-order valence-electron chi connectivity index (χ4n) is 2.61. The highest BCUT2D eigenvalue weighted by Gasteiger charge is 2.53. The van der Waals surface area contributed by atoms with E-state index in [0.29, 0.717) is 0 Å². The van der Waals surface area contributed by atoms with Crippen molar-refractivity contribution in [2.75, 3.05) is 0 Å². The van der Waals surface area contributed by atoms with Gasteiger partial charge in [0.15, 0.2) is 0 Å². The quantitative estimate of drug-likeness (QED) is 0.880. The third-order valence-corrected chi connectivity index (χ3v) is 7.28. The van der Waals surface area contributed by atoms with Crippen LogP contribution in [0.15, 0.2) is 70.9 Å². The second-order valence-corrected chi connectivity index (χ2v) is 8.87. The van der Waals surface area contributed by atoms with E-state index < -0.39 is 0 Å². The summed E-state index contributed by atoms with van der Waals surface area (Å²) in [6.45, 7) is 4.33. The SMILES string of the molecule is C[C@]1([C@]2(C)NN=C(c3ccccc3)S2)NN=C(c2ccccc2)S1. The minimum Gasteiger partial charge on any atom is -0.289 e. The molecule has 0 saturated heterocycles. The van der Waals surface area contributed by atoms with E-state index in [0.717, 1.165) is 21.2 Å². The molecule has 0 saturated carbocycles. The normalized spacial score (nSPS) is 28.8. The van der Waals surface area contributed by atoms with Gasteiger partial charge in [-0.15, -0.1) is 0 Å². The molecule has 24 heavy (non-hydrogen) atoms. The highest BCUT2D eigenvalue weighted by Crippen LogP contribution is 2.48. The van der Waals surface area contributed by atoms with Crippen molar-refractivity contribution in [1.82, 2.24) is 10.9 Å². The van der Waals surface area contributed by atoms with Crippen LogP contribution in [-0.4, -0.2) is 19.8 Å². The number of thioether (sulfide) groups is 2. The summed E-state index contributed by atoms with van der Waals surface area (Å²) >= 11 is 3.48. The predicted octanol–water partition coefficient (Wildman–Crippen LogP) is 3.82. The molecule has 0 aliphatic carbocycles. The molecule has 2 aromatic rings. The minimum atomic E-state index is -0.303. The van der Waals surface area contributed by atoms with Gasteiger partial charge in [-0.3, -0.25) is 10.9 Å². The predicted molar refractivity (Wildman–Crippen MR) is 104 cm³/mol. The second kappa shape index (κ2) is 5.86. The fraction of sp³-hybridized carbons (Fsp3) is 0.222. The van der Waals surface area contributed by atoms with Crippen molar-refractivity contribution in [1.29, 1.82) is 0 Å². The van der Waals surface area contributed by atoms with Gasteiger partial charge >= 0.3 is 0 Å². The van der Waals surface area contributed by atoms with Crippen LogP contribution in [0.1, 0.15) is 25.0 Å². The fourth-order valence-corrected chi connectivity index (χ4v) is 4.99.